The van der Waals surface area contributed by atoms with E-state index in [4.69, 9.17) is 4.74 Å². The van der Waals surface area contributed by atoms with Gasteiger partial charge in [0.25, 0.3) is 5.91 Å². The number of hydrogen-bond donors (Lipinski definition) is 1. The maximum absolute atomic E-state index is 12.2. The van der Waals surface area contributed by atoms with Gasteiger partial charge in [0.15, 0.2) is 0 Å². The molecule has 0 radical (unpaired) electrons. The van der Waals surface area contributed by atoms with Crippen LogP contribution in [-0.2, 0) is 0 Å². The number of nitrogens with one attached hydrogen (secondary N) is 1. The Labute approximate surface area is 117 Å². The number of aromatic nitrogens is 1. The van der Waals surface area contributed by atoms with Crippen LogP contribution in [0.4, 0.5) is 0 Å². The van der Waals surface area contributed by atoms with Crippen molar-refractivity contribution >= 4 is 5.91 Å². The van der Waals surface area contributed by atoms with E-state index in [-0.39, 0.29) is 11.9 Å². The van der Waals surface area contributed by atoms with E-state index in [1.54, 1.807) is 24.5 Å². The van der Waals surface area contributed by atoms with E-state index in [1.165, 1.54) is 0 Å². The number of nitrogens with zero attached hydrogens (tertiary/aromatic N) is 1. The second-order valence-corrected chi connectivity index (χ2v) is 4.89. The van der Waals surface area contributed by atoms with E-state index in [2.05, 4.69) is 10.3 Å². The van der Waals surface area contributed by atoms with E-state index < -0.39 is 0 Å². The molecule has 0 saturated heterocycles. The van der Waals surface area contributed by atoms with Gasteiger partial charge in [0.05, 0.1) is 12.6 Å². The Hall–Kier alpha value is -2.36. The summed E-state index contributed by atoms with van der Waals surface area (Å²) in [6.45, 7) is 2.64. The number of ether oxygens (including phenoxy) is 1. The fourth-order valence-corrected chi connectivity index (χ4v) is 2.48. The molecule has 1 aromatic heterocycles. The highest BCUT2D eigenvalue weighted by Gasteiger charge is 2.24. The van der Waals surface area contributed by atoms with Crippen molar-refractivity contribution in [2.24, 2.45) is 0 Å². The average Bonchev–Trinajstić information content (AvgIpc) is 2.49. The van der Waals surface area contributed by atoms with E-state index in [0.717, 1.165) is 23.3 Å². The van der Waals surface area contributed by atoms with E-state index in [1.807, 2.05) is 25.1 Å². The summed E-state index contributed by atoms with van der Waals surface area (Å²) in [7, 11) is 0. The summed E-state index contributed by atoms with van der Waals surface area (Å²) in [6.07, 6.45) is 4.03. The highest BCUT2D eigenvalue weighted by Crippen LogP contribution is 2.34. The lowest BCUT2D eigenvalue weighted by Gasteiger charge is -2.27. The molecule has 0 saturated carbocycles. The largest absolute Gasteiger partial charge is 0.493 e. The number of amides is 1. The van der Waals surface area contributed by atoms with Crippen molar-refractivity contribution in [1.29, 1.82) is 0 Å². The van der Waals surface area contributed by atoms with Crippen LogP contribution in [0.3, 0.4) is 0 Å². The third-order valence-corrected chi connectivity index (χ3v) is 3.52. The molecule has 1 atom stereocenters. The van der Waals surface area contributed by atoms with Crippen molar-refractivity contribution in [3.05, 3.63) is 59.4 Å². The molecule has 0 unspecified atom stereocenters. The molecule has 1 aliphatic heterocycles. The maximum Gasteiger partial charge on any atom is 0.251 e. The monoisotopic (exact) mass is 268 g/mol. The minimum absolute atomic E-state index is 0.000634. The topological polar surface area (TPSA) is 51.2 Å². The van der Waals surface area contributed by atoms with Crippen LogP contribution in [0, 0.1) is 6.92 Å². The molecule has 4 nitrogen and oxygen atoms in total. The molecule has 20 heavy (non-hydrogen) atoms. The molecule has 0 bridgehead atoms. The third kappa shape index (κ3) is 2.37. The minimum atomic E-state index is -0.0771. The smallest absolute Gasteiger partial charge is 0.251 e. The first-order chi connectivity index (χ1) is 9.75. The molecule has 2 heterocycles. The lowest BCUT2D eigenvalue weighted by molar-refractivity contribution is 0.0924. The Kier molecular flexibility index (Phi) is 3.37. The highest BCUT2D eigenvalue weighted by molar-refractivity contribution is 5.94. The summed E-state index contributed by atoms with van der Waals surface area (Å²) >= 11 is 0. The van der Waals surface area contributed by atoms with Gasteiger partial charge in [-0.3, -0.25) is 9.78 Å². The number of fused-ring (bicyclic) bond motifs is 1. The SMILES string of the molecule is Cc1cccc2c1OCC[C@@H]2NC(=O)c1ccncc1. The lowest BCUT2D eigenvalue weighted by Crippen LogP contribution is -2.32. The Morgan fingerprint density at radius 3 is 2.90 bits per heavy atom. The summed E-state index contributed by atoms with van der Waals surface area (Å²) in [4.78, 5) is 16.2. The molecule has 1 N–H and O–H groups in total. The Bertz CT molecular complexity index is 626. The zero-order valence-corrected chi connectivity index (χ0v) is 11.3. The predicted molar refractivity (Wildman–Crippen MR) is 75.7 cm³/mol. The average molecular weight is 268 g/mol. The number of aryl methyl sites for hydroxylation is 1. The van der Waals surface area contributed by atoms with Crippen molar-refractivity contribution in [3.8, 4) is 5.75 Å². The van der Waals surface area contributed by atoms with Crippen LogP contribution >= 0.6 is 0 Å². The molecule has 0 aliphatic carbocycles. The van der Waals surface area contributed by atoms with E-state index in [9.17, 15) is 4.79 Å². The first-order valence-corrected chi connectivity index (χ1v) is 6.69. The number of pyridine rings is 1. The standard InChI is InChI=1S/C16H16N2O2/c1-11-3-2-4-13-14(7-10-20-15(11)13)18-16(19)12-5-8-17-9-6-12/h2-6,8-9,14H,7,10H2,1H3,(H,18,19)/t14-/m0/s1. The minimum Gasteiger partial charge on any atom is -0.493 e. The molecule has 4 heteroatoms. The Morgan fingerprint density at radius 2 is 2.10 bits per heavy atom. The van der Waals surface area contributed by atoms with Crippen LogP contribution in [0.15, 0.2) is 42.7 Å². The number of carbonyl (C=O) groups excluding carboxylic acids is 1. The van der Waals surface area contributed by atoms with Gasteiger partial charge in [-0.2, -0.15) is 0 Å². The second-order valence-electron chi connectivity index (χ2n) is 4.89. The molecular weight excluding hydrogens is 252 g/mol. The summed E-state index contributed by atoms with van der Waals surface area (Å²) < 4.78 is 5.71. The van der Waals surface area contributed by atoms with Crippen LogP contribution in [0.2, 0.25) is 0 Å². The first kappa shape index (κ1) is 12.7. The van der Waals surface area contributed by atoms with Crippen molar-refractivity contribution < 1.29 is 9.53 Å². The van der Waals surface area contributed by atoms with E-state index in [0.29, 0.717) is 12.2 Å². The van der Waals surface area contributed by atoms with Crippen LogP contribution in [-0.4, -0.2) is 17.5 Å². The molecule has 1 aliphatic rings. The van der Waals surface area contributed by atoms with Gasteiger partial charge < -0.3 is 10.1 Å². The van der Waals surface area contributed by atoms with Gasteiger partial charge in [0.2, 0.25) is 0 Å². The van der Waals surface area contributed by atoms with Gasteiger partial charge in [-0.25, -0.2) is 0 Å². The molecule has 0 spiro atoms. The summed E-state index contributed by atoms with van der Waals surface area (Å²) in [6, 6.07) is 9.45. The molecule has 2 aromatic rings. The normalized spacial score (nSPS) is 16.9. The predicted octanol–water partition coefficient (Wildman–Crippen LogP) is 2.64. The first-order valence-electron chi connectivity index (χ1n) is 6.69. The number of para-hydroxylation sites is 1. The molecular formula is C16H16N2O2. The fraction of sp³-hybridized carbons (Fsp3) is 0.250. The van der Waals surface area contributed by atoms with Crippen LogP contribution in [0.5, 0.6) is 5.75 Å². The maximum atomic E-state index is 12.2. The van der Waals surface area contributed by atoms with Crippen LogP contribution in [0.1, 0.15) is 33.9 Å². The fourth-order valence-electron chi connectivity index (χ4n) is 2.48. The quantitative estimate of drug-likeness (QED) is 0.911. The van der Waals surface area contributed by atoms with Crippen molar-refractivity contribution in [2.45, 2.75) is 19.4 Å². The zero-order chi connectivity index (χ0) is 13.9. The lowest BCUT2D eigenvalue weighted by atomic mass is 9.97. The third-order valence-electron chi connectivity index (χ3n) is 3.52. The van der Waals surface area contributed by atoms with Crippen LogP contribution < -0.4 is 10.1 Å². The van der Waals surface area contributed by atoms with Crippen molar-refractivity contribution in [3.63, 3.8) is 0 Å². The molecule has 1 aromatic carbocycles. The number of rotatable bonds is 2. The van der Waals surface area contributed by atoms with Gasteiger partial charge in [-0.05, 0) is 24.6 Å². The van der Waals surface area contributed by atoms with Gasteiger partial charge in [0, 0.05) is 29.9 Å². The number of carbonyl (C=O) groups is 1. The summed E-state index contributed by atoms with van der Waals surface area (Å²) in [5.41, 5.74) is 2.78. The molecule has 0 fully saturated rings. The second kappa shape index (κ2) is 5.33. The zero-order valence-electron chi connectivity index (χ0n) is 11.3. The highest BCUT2D eigenvalue weighted by atomic mass is 16.5. The molecule has 3 rings (SSSR count). The summed E-state index contributed by atoms with van der Waals surface area (Å²) in [5, 5.41) is 3.07. The molecule has 1 amide bonds. The van der Waals surface area contributed by atoms with Gasteiger partial charge in [-0.1, -0.05) is 18.2 Å². The van der Waals surface area contributed by atoms with Crippen molar-refractivity contribution in [1.82, 2.24) is 10.3 Å². The number of benzene rings is 1. The van der Waals surface area contributed by atoms with E-state index >= 15 is 0 Å². The summed E-state index contributed by atoms with van der Waals surface area (Å²) in [5.74, 6) is 0.825. The van der Waals surface area contributed by atoms with Crippen LogP contribution in [0.25, 0.3) is 0 Å². The van der Waals surface area contributed by atoms with Gasteiger partial charge in [0.1, 0.15) is 5.75 Å². The van der Waals surface area contributed by atoms with Crippen molar-refractivity contribution in [2.75, 3.05) is 6.61 Å². The number of hydrogen-bond acceptors (Lipinski definition) is 3. The van der Waals surface area contributed by atoms with Gasteiger partial charge >= 0.3 is 0 Å². The van der Waals surface area contributed by atoms with Gasteiger partial charge in [-0.15, -0.1) is 0 Å². The molecule has 102 valence electrons. The Balaban J connectivity index is 1.84. The Morgan fingerprint density at radius 1 is 1.30 bits per heavy atom.